The van der Waals surface area contributed by atoms with Gasteiger partial charge in [0.05, 0.1) is 0 Å². The van der Waals surface area contributed by atoms with Crippen molar-refractivity contribution >= 4 is 5.91 Å². The van der Waals surface area contributed by atoms with E-state index in [2.05, 4.69) is 31.2 Å². The lowest BCUT2D eigenvalue weighted by atomic mass is 10.0. The smallest absolute Gasteiger partial charge is 0.224 e. The Bertz CT molecular complexity index is 578. The summed E-state index contributed by atoms with van der Waals surface area (Å²) < 4.78 is 0. The number of hydrogen-bond donors (Lipinski definition) is 1. The topological polar surface area (TPSA) is 46.3 Å². The molecular weight excluding hydrogens is 260 g/mol. The Balaban J connectivity index is 1.92. The van der Waals surface area contributed by atoms with Crippen molar-refractivity contribution in [2.75, 3.05) is 7.05 Å². The van der Waals surface area contributed by atoms with Crippen LogP contribution in [-0.4, -0.2) is 17.9 Å². The summed E-state index contributed by atoms with van der Waals surface area (Å²) in [7, 11) is 1.82. The van der Waals surface area contributed by atoms with Crippen LogP contribution in [0.3, 0.4) is 0 Å². The second-order valence-electron chi connectivity index (χ2n) is 5.46. The van der Waals surface area contributed by atoms with E-state index in [0.717, 1.165) is 11.1 Å². The molecule has 0 aliphatic carbocycles. The van der Waals surface area contributed by atoms with Crippen molar-refractivity contribution in [3.63, 3.8) is 0 Å². The Kier molecular flexibility index (Phi) is 5.12. The zero-order valence-corrected chi connectivity index (χ0v) is 12.6. The lowest BCUT2D eigenvalue weighted by Crippen LogP contribution is -2.29. The van der Waals surface area contributed by atoms with Crippen LogP contribution >= 0.6 is 0 Å². The molecule has 3 nitrogen and oxygen atoms in total. The summed E-state index contributed by atoms with van der Waals surface area (Å²) in [4.78, 5) is 14.0. The van der Waals surface area contributed by atoms with Crippen molar-refractivity contribution < 1.29 is 4.79 Å². The number of hydrogen-bond acceptors (Lipinski definition) is 2. The molecule has 21 heavy (non-hydrogen) atoms. The zero-order valence-electron chi connectivity index (χ0n) is 12.6. The molecule has 0 aliphatic rings. The Labute approximate surface area is 126 Å². The van der Waals surface area contributed by atoms with Gasteiger partial charge in [-0.15, -0.1) is 0 Å². The molecule has 2 aromatic rings. The number of aryl methyl sites for hydroxylation is 1. The first kappa shape index (κ1) is 15.3. The normalized spacial score (nSPS) is 12.0. The maximum Gasteiger partial charge on any atom is 0.224 e. The van der Waals surface area contributed by atoms with Gasteiger partial charge in [-0.1, -0.05) is 60.2 Å². The van der Waals surface area contributed by atoms with Crippen LogP contribution in [0, 0.1) is 6.92 Å². The number of nitrogens with two attached hydrogens (primary N) is 1. The molecule has 0 saturated carbocycles. The van der Waals surface area contributed by atoms with Gasteiger partial charge in [0.2, 0.25) is 5.91 Å². The van der Waals surface area contributed by atoms with E-state index in [1.165, 1.54) is 5.56 Å². The minimum absolute atomic E-state index is 0.0620. The third-order valence-corrected chi connectivity index (χ3v) is 3.59. The Morgan fingerprint density at radius 2 is 1.71 bits per heavy atom. The van der Waals surface area contributed by atoms with Crippen LogP contribution in [0.15, 0.2) is 54.6 Å². The highest BCUT2D eigenvalue weighted by atomic mass is 16.2. The highest BCUT2D eigenvalue weighted by molar-refractivity contribution is 5.76. The molecule has 0 aliphatic heterocycles. The first-order valence-corrected chi connectivity index (χ1v) is 7.16. The first-order chi connectivity index (χ1) is 10.1. The monoisotopic (exact) mass is 282 g/mol. The van der Waals surface area contributed by atoms with Crippen LogP contribution < -0.4 is 5.73 Å². The summed E-state index contributed by atoms with van der Waals surface area (Å²) in [6.45, 7) is 2.66. The van der Waals surface area contributed by atoms with E-state index in [1.54, 1.807) is 4.90 Å². The third-order valence-electron chi connectivity index (χ3n) is 3.59. The Morgan fingerprint density at radius 3 is 2.33 bits per heavy atom. The molecule has 1 amide bonds. The van der Waals surface area contributed by atoms with E-state index in [9.17, 15) is 4.79 Å². The Morgan fingerprint density at radius 1 is 1.10 bits per heavy atom. The lowest BCUT2D eigenvalue weighted by molar-refractivity contribution is -0.130. The molecule has 0 bridgehead atoms. The summed E-state index contributed by atoms with van der Waals surface area (Å²) in [5.41, 5.74) is 9.44. The molecule has 2 N–H and O–H groups in total. The molecule has 1 unspecified atom stereocenters. The van der Waals surface area contributed by atoms with Crippen LogP contribution in [0.4, 0.5) is 0 Å². The molecule has 3 heteroatoms. The van der Waals surface area contributed by atoms with Crippen LogP contribution in [-0.2, 0) is 11.3 Å². The molecule has 0 heterocycles. The van der Waals surface area contributed by atoms with E-state index in [1.807, 2.05) is 37.4 Å². The van der Waals surface area contributed by atoms with Gasteiger partial charge >= 0.3 is 0 Å². The van der Waals surface area contributed by atoms with Gasteiger partial charge in [0.25, 0.3) is 0 Å². The van der Waals surface area contributed by atoms with E-state index in [-0.39, 0.29) is 11.9 Å². The number of rotatable bonds is 5. The highest BCUT2D eigenvalue weighted by Gasteiger charge is 2.15. The second-order valence-corrected chi connectivity index (χ2v) is 5.46. The van der Waals surface area contributed by atoms with Gasteiger partial charge in [-0.05, 0) is 18.1 Å². The van der Waals surface area contributed by atoms with Crippen molar-refractivity contribution in [2.45, 2.75) is 25.9 Å². The molecule has 1 atom stereocenters. The van der Waals surface area contributed by atoms with Gasteiger partial charge in [-0.25, -0.2) is 0 Å². The van der Waals surface area contributed by atoms with Crippen LogP contribution in [0.2, 0.25) is 0 Å². The maximum absolute atomic E-state index is 12.2. The van der Waals surface area contributed by atoms with Crippen molar-refractivity contribution in [2.24, 2.45) is 5.73 Å². The first-order valence-electron chi connectivity index (χ1n) is 7.16. The van der Waals surface area contributed by atoms with Crippen molar-refractivity contribution in [3.8, 4) is 0 Å². The molecule has 0 radical (unpaired) electrons. The van der Waals surface area contributed by atoms with E-state index >= 15 is 0 Å². The fraction of sp³-hybridized carbons (Fsp3) is 0.278. The summed E-state index contributed by atoms with van der Waals surface area (Å²) in [5.74, 6) is 0.0620. The molecule has 110 valence electrons. The fourth-order valence-electron chi connectivity index (χ4n) is 2.22. The van der Waals surface area contributed by atoms with Gasteiger partial charge in [-0.2, -0.15) is 0 Å². The number of carbonyl (C=O) groups excluding carboxylic acids is 1. The van der Waals surface area contributed by atoms with Crippen LogP contribution in [0.5, 0.6) is 0 Å². The molecular formula is C18H22N2O. The van der Waals surface area contributed by atoms with Gasteiger partial charge < -0.3 is 10.6 Å². The third kappa shape index (κ3) is 4.43. The molecule has 0 aromatic heterocycles. The summed E-state index contributed by atoms with van der Waals surface area (Å²) in [5, 5.41) is 0. The fourth-order valence-corrected chi connectivity index (χ4v) is 2.22. The van der Waals surface area contributed by atoms with Crippen molar-refractivity contribution in [1.82, 2.24) is 4.90 Å². The predicted molar refractivity (Wildman–Crippen MR) is 85.6 cm³/mol. The SMILES string of the molecule is Cc1ccc(CN(C)C(=O)CC(N)c2ccccc2)cc1. The Hall–Kier alpha value is -2.13. The van der Waals surface area contributed by atoms with Crippen LogP contribution in [0.25, 0.3) is 0 Å². The van der Waals surface area contributed by atoms with Gasteiger partial charge in [0.1, 0.15) is 0 Å². The average molecular weight is 282 g/mol. The summed E-state index contributed by atoms with van der Waals surface area (Å²) in [6.07, 6.45) is 0.326. The van der Waals surface area contributed by atoms with Gasteiger partial charge in [0, 0.05) is 26.1 Å². The molecule has 2 rings (SSSR count). The largest absolute Gasteiger partial charge is 0.341 e. The quantitative estimate of drug-likeness (QED) is 0.916. The number of carbonyl (C=O) groups is 1. The van der Waals surface area contributed by atoms with E-state index < -0.39 is 0 Å². The lowest BCUT2D eigenvalue weighted by Gasteiger charge is -2.20. The van der Waals surface area contributed by atoms with E-state index in [4.69, 9.17) is 5.73 Å². The minimum Gasteiger partial charge on any atom is -0.341 e. The zero-order chi connectivity index (χ0) is 15.2. The number of benzene rings is 2. The van der Waals surface area contributed by atoms with Crippen LogP contribution in [0.1, 0.15) is 29.2 Å². The molecule has 0 spiro atoms. The van der Waals surface area contributed by atoms with E-state index in [0.29, 0.717) is 13.0 Å². The molecule has 0 fully saturated rings. The predicted octanol–water partition coefficient (Wildman–Crippen LogP) is 3.04. The highest BCUT2D eigenvalue weighted by Crippen LogP contribution is 2.15. The summed E-state index contributed by atoms with van der Waals surface area (Å²) in [6, 6.07) is 17.7. The standard InChI is InChI=1S/C18H22N2O/c1-14-8-10-15(11-9-14)13-20(2)18(21)12-17(19)16-6-4-3-5-7-16/h3-11,17H,12-13,19H2,1-2H3. The summed E-state index contributed by atoms with van der Waals surface area (Å²) >= 11 is 0. The van der Waals surface area contributed by atoms with Gasteiger partial charge in [0.15, 0.2) is 0 Å². The molecule has 2 aromatic carbocycles. The number of nitrogens with zero attached hydrogens (tertiary/aromatic N) is 1. The van der Waals surface area contributed by atoms with Gasteiger partial charge in [-0.3, -0.25) is 4.79 Å². The maximum atomic E-state index is 12.2. The second kappa shape index (κ2) is 7.04. The van der Waals surface area contributed by atoms with Crippen molar-refractivity contribution in [3.05, 3.63) is 71.3 Å². The number of amides is 1. The molecule has 0 saturated heterocycles. The average Bonchev–Trinajstić information content (AvgIpc) is 2.50. The van der Waals surface area contributed by atoms with Crippen molar-refractivity contribution in [1.29, 1.82) is 0 Å². The minimum atomic E-state index is -0.251.